The SMILES string of the molecule is [CH]=CCCC(C)CCC=CCC. The van der Waals surface area contributed by atoms with Crippen LogP contribution >= 0.6 is 0 Å². The van der Waals surface area contributed by atoms with E-state index in [4.69, 9.17) is 6.58 Å². The van der Waals surface area contributed by atoms with Gasteiger partial charge in [0.25, 0.3) is 0 Å². The van der Waals surface area contributed by atoms with E-state index in [9.17, 15) is 0 Å². The predicted octanol–water partition coefficient (Wildman–Crippen LogP) is 4.14. The minimum Gasteiger partial charge on any atom is -0.0888 e. The predicted molar refractivity (Wildman–Crippen MR) is 55.9 cm³/mol. The Morgan fingerprint density at radius 2 is 1.83 bits per heavy atom. The molecule has 0 fully saturated rings. The Bertz CT molecular complexity index is 122. The zero-order chi connectivity index (χ0) is 9.23. The first-order valence-corrected chi connectivity index (χ1v) is 4.99. The molecule has 0 nitrogen and oxygen atoms in total. The second-order valence-corrected chi connectivity index (χ2v) is 3.38. The Hall–Kier alpha value is -0.520. The number of allylic oxidation sites excluding steroid dienone is 3. The molecule has 1 unspecified atom stereocenters. The van der Waals surface area contributed by atoms with Gasteiger partial charge in [0.15, 0.2) is 0 Å². The first kappa shape index (κ1) is 11.5. The van der Waals surface area contributed by atoms with Crippen LogP contribution in [0.15, 0.2) is 18.2 Å². The van der Waals surface area contributed by atoms with Gasteiger partial charge in [-0.3, -0.25) is 0 Å². The molecule has 1 radical (unpaired) electrons. The summed E-state index contributed by atoms with van der Waals surface area (Å²) in [6, 6.07) is 0. The van der Waals surface area contributed by atoms with Crippen LogP contribution in [0.25, 0.3) is 0 Å². The number of hydrogen-bond acceptors (Lipinski definition) is 0. The summed E-state index contributed by atoms with van der Waals surface area (Å²) in [5.74, 6) is 0.811. The molecular formula is C12H21. The lowest BCUT2D eigenvalue weighted by atomic mass is 10.00. The topological polar surface area (TPSA) is 0 Å². The van der Waals surface area contributed by atoms with Crippen LogP contribution in [0.5, 0.6) is 0 Å². The van der Waals surface area contributed by atoms with E-state index in [1.54, 1.807) is 6.08 Å². The molecule has 0 amide bonds. The molecule has 0 aromatic heterocycles. The largest absolute Gasteiger partial charge is 0.0888 e. The van der Waals surface area contributed by atoms with Gasteiger partial charge in [-0.25, -0.2) is 0 Å². The fourth-order valence-corrected chi connectivity index (χ4v) is 1.19. The van der Waals surface area contributed by atoms with E-state index in [0.717, 1.165) is 18.8 Å². The highest BCUT2D eigenvalue weighted by molar-refractivity contribution is 4.80. The quantitative estimate of drug-likeness (QED) is 0.497. The minimum atomic E-state index is 0.811. The molecule has 12 heavy (non-hydrogen) atoms. The lowest BCUT2D eigenvalue weighted by Crippen LogP contribution is -1.92. The lowest BCUT2D eigenvalue weighted by molar-refractivity contribution is 0.501. The Kier molecular flexibility index (Phi) is 8.20. The number of rotatable bonds is 7. The molecule has 0 N–H and O–H groups in total. The van der Waals surface area contributed by atoms with Crippen molar-refractivity contribution in [2.75, 3.05) is 0 Å². The summed E-state index contributed by atoms with van der Waals surface area (Å²) in [4.78, 5) is 0. The molecule has 0 saturated heterocycles. The van der Waals surface area contributed by atoms with Crippen molar-refractivity contribution in [1.82, 2.24) is 0 Å². The van der Waals surface area contributed by atoms with E-state index < -0.39 is 0 Å². The third kappa shape index (κ3) is 7.59. The first-order valence-electron chi connectivity index (χ1n) is 4.99. The molecule has 1 atom stereocenters. The molecule has 0 saturated carbocycles. The second-order valence-electron chi connectivity index (χ2n) is 3.38. The molecule has 0 heterocycles. The number of hydrogen-bond donors (Lipinski definition) is 0. The molecular weight excluding hydrogens is 144 g/mol. The molecule has 0 spiro atoms. The van der Waals surface area contributed by atoms with Gasteiger partial charge in [0.05, 0.1) is 0 Å². The monoisotopic (exact) mass is 165 g/mol. The second kappa shape index (κ2) is 8.58. The summed E-state index contributed by atoms with van der Waals surface area (Å²) >= 11 is 0. The Labute approximate surface area is 77.4 Å². The zero-order valence-electron chi connectivity index (χ0n) is 8.42. The van der Waals surface area contributed by atoms with Gasteiger partial charge in [-0.05, 0) is 38.0 Å². The fraction of sp³-hybridized carbons (Fsp3) is 0.667. The van der Waals surface area contributed by atoms with Crippen molar-refractivity contribution in [1.29, 1.82) is 0 Å². The molecule has 0 rings (SSSR count). The summed E-state index contributed by atoms with van der Waals surface area (Å²) < 4.78 is 0. The van der Waals surface area contributed by atoms with Crippen LogP contribution < -0.4 is 0 Å². The summed E-state index contributed by atoms with van der Waals surface area (Å²) in [6.45, 7) is 9.78. The van der Waals surface area contributed by atoms with Crippen LogP contribution in [-0.4, -0.2) is 0 Å². The van der Waals surface area contributed by atoms with E-state index in [0.29, 0.717) is 0 Å². The fourth-order valence-electron chi connectivity index (χ4n) is 1.19. The maximum atomic E-state index is 5.31. The highest BCUT2D eigenvalue weighted by atomic mass is 14.0. The van der Waals surface area contributed by atoms with Gasteiger partial charge in [0.2, 0.25) is 0 Å². The maximum Gasteiger partial charge on any atom is -0.0345 e. The summed E-state index contributed by atoms with van der Waals surface area (Å²) in [5, 5.41) is 0. The van der Waals surface area contributed by atoms with Crippen molar-refractivity contribution < 1.29 is 0 Å². The van der Waals surface area contributed by atoms with E-state index >= 15 is 0 Å². The minimum absolute atomic E-state index is 0.811. The molecule has 0 aliphatic heterocycles. The van der Waals surface area contributed by atoms with Gasteiger partial charge in [-0.2, -0.15) is 0 Å². The maximum absolute atomic E-state index is 5.31. The van der Waals surface area contributed by atoms with Crippen LogP contribution in [0.2, 0.25) is 0 Å². The Balaban J connectivity index is 3.24. The van der Waals surface area contributed by atoms with Crippen molar-refractivity contribution in [2.24, 2.45) is 5.92 Å². The summed E-state index contributed by atoms with van der Waals surface area (Å²) in [7, 11) is 0. The molecule has 69 valence electrons. The van der Waals surface area contributed by atoms with Crippen molar-refractivity contribution in [3.8, 4) is 0 Å². The molecule has 0 aromatic carbocycles. The van der Waals surface area contributed by atoms with E-state index in [-0.39, 0.29) is 0 Å². The van der Waals surface area contributed by atoms with Gasteiger partial charge in [0.1, 0.15) is 0 Å². The Morgan fingerprint density at radius 3 is 2.42 bits per heavy atom. The van der Waals surface area contributed by atoms with Crippen LogP contribution in [0.1, 0.15) is 46.0 Å². The van der Waals surface area contributed by atoms with E-state index in [2.05, 4.69) is 26.0 Å². The van der Waals surface area contributed by atoms with E-state index in [1.807, 2.05) is 0 Å². The molecule has 0 heteroatoms. The summed E-state index contributed by atoms with van der Waals surface area (Å²) in [5.41, 5.74) is 0. The van der Waals surface area contributed by atoms with E-state index in [1.165, 1.54) is 19.3 Å². The highest BCUT2D eigenvalue weighted by Gasteiger charge is 1.97. The van der Waals surface area contributed by atoms with Crippen LogP contribution in [-0.2, 0) is 0 Å². The van der Waals surface area contributed by atoms with Crippen molar-refractivity contribution in [3.63, 3.8) is 0 Å². The smallest absolute Gasteiger partial charge is 0.0345 e. The van der Waals surface area contributed by atoms with Gasteiger partial charge in [-0.15, -0.1) is 0 Å². The molecule has 0 aromatic rings. The Morgan fingerprint density at radius 1 is 1.17 bits per heavy atom. The van der Waals surface area contributed by atoms with Crippen LogP contribution in [0.4, 0.5) is 0 Å². The molecule has 0 aliphatic rings. The van der Waals surface area contributed by atoms with Crippen molar-refractivity contribution in [3.05, 3.63) is 24.8 Å². The third-order valence-electron chi connectivity index (χ3n) is 2.05. The standard InChI is InChI=1S/C12H21/c1-4-6-8-9-11-12(3)10-7-5-2/h2,5-6,8,12H,4,7,9-11H2,1,3H3. The first-order chi connectivity index (χ1) is 5.81. The van der Waals surface area contributed by atoms with Crippen LogP contribution in [0, 0.1) is 12.5 Å². The normalized spacial score (nSPS) is 13.5. The van der Waals surface area contributed by atoms with Gasteiger partial charge < -0.3 is 0 Å². The highest BCUT2D eigenvalue weighted by Crippen LogP contribution is 2.12. The van der Waals surface area contributed by atoms with Crippen molar-refractivity contribution in [2.45, 2.75) is 46.0 Å². The average Bonchev–Trinajstić information content (AvgIpc) is 2.09. The third-order valence-corrected chi connectivity index (χ3v) is 2.05. The van der Waals surface area contributed by atoms with Gasteiger partial charge in [0, 0.05) is 0 Å². The van der Waals surface area contributed by atoms with Crippen LogP contribution in [0.3, 0.4) is 0 Å². The molecule has 0 bridgehead atoms. The average molecular weight is 165 g/mol. The zero-order valence-corrected chi connectivity index (χ0v) is 8.42. The van der Waals surface area contributed by atoms with Crippen molar-refractivity contribution >= 4 is 0 Å². The van der Waals surface area contributed by atoms with Gasteiger partial charge >= 0.3 is 0 Å². The van der Waals surface area contributed by atoms with Gasteiger partial charge in [-0.1, -0.05) is 38.7 Å². The summed E-state index contributed by atoms with van der Waals surface area (Å²) in [6.07, 6.45) is 12.2. The lowest BCUT2D eigenvalue weighted by Gasteiger charge is -2.06. The molecule has 0 aliphatic carbocycles.